The van der Waals surface area contributed by atoms with Crippen LogP contribution in [0, 0.1) is 13.8 Å². The van der Waals surface area contributed by atoms with Gasteiger partial charge in [-0.15, -0.1) is 0 Å². The maximum Gasteiger partial charge on any atom is 0.254 e. The number of hydrogen-bond donors (Lipinski definition) is 1. The first-order valence-corrected chi connectivity index (χ1v) is 7.01. The number of aromatic amines is 1. The van der Waals surface area contributed by atoms with Gasteiger partial charge in [0.05, 0.1) is 6.42 Å². The second-order valence-electron chi connectivity index (χ2n) is 5.32. The molecule has 3 rings (SSSR count). The molecule has 1 aliphatic heterocycles. The molecule has 5 nitrogen and oxygen atoms in total. The maximum atomic E-state index is 12.5. The number of benzene rings is 1. The minimum atomic E-state index is -0.221. The molecule has 21 heavy (non-hydrogen) atoms. The quantitative estimate of drug-likeness (QED) is 0.908. The van der Waals surface area contributed by atoms with Crippen LogP contribution in [0.3, 0.4) is 0 Å². The molecule has 0 fully saturated rings. The zero-order chi connectivity index (χ0) is 15.0. The third kappa shape index (κ3) is 2.46. The predicted molar refractivity (Wildman–Crippen MR) is 80.5 cm³/mol. The molecule has 1 N–H and O–H groups in total. The van der Waals surface area contributed by atoms with Crippen molar-refractivity contribution >= 4 is 11.6 Å². The average molecular weight is 283 g/mol. The van der Waals surface area contributed by atoms with Gasteiger partial charge < -0.3 is 9.88 Å². The first-order valence-electron chi connectivity index (χ1n) is 7.01. The molecule has 1 aliphatic rings. The number of amides is 1. The number of hydrogen-bond acceptors (Lipinski definition) is 3. The molecule has 0 spiro atoms. The van der Waals surface area contributed by atoms with Crippen LogP contribution in [0.1, 0.15) is 22.6 Å². The summed E-state index contributed by atoms with van der Waals surface area (Å²) in [5.41, 5.74) is 2.99. The molecule has 0 saturated heterocycles. The molecule has 1 aromatic heterocycles. The van der Waals surface area contributed by atoms with E-state index in [0.29, 0.717) is 23.6 Å². The lowest BCUT2D eigenvalue weighted by Gasteiger charge is -2.17. The highest BCUT2D eigenvalue weighted by Gasteiger charge is 2.25. The van der Waals surface area contributed by atoms with Crippen molar-refractivity contribution in [1.29, 1.82) is 0 Å². The van der Waals surface area contributed by atoms with Gasteiger partial charge in [-0.05, 0) is 31.9 Å². The monoisotopic (exact) mass is 283 g/mol. The molecule has 0 unspecified atom stereocenters. The number of carbonyl (C=O) groups excluding carboxylic acids is 1. The summed E-state index contributed by atoms with van der Waals surface area (Å²) in [6, 6.07) is 7.89. The van der Waals surface area contributed by atoms with E-state index in [9.17, 15) is 9.59 Å². The normalized spacial score (nSPS) is 13.3. The summed E-state index contributed by atoms with van der Waals surface area (Å²) in [5, 5.41) is 0. The van der Waals surface area contributed by atoms with E-state index >= 15 is 0 Å². The average Bonchev–Trinajstić information content (AvgIpc) is 2.86. The Morgan fingerprint density at radius 1 is 1.33 bits per heavy atom. The summed E-state index contributed by atoms with van der Waals surface area (Å²) < 4.78 is 0. The first kappa shape index (κ1) is 13.5. The fraction of sp³-hybridized carbons (Fsp3) is 0.312. The van der Waals surface area contributed by atoms with E-state index < -0.39 is 0 Å². The Labute approximate surface area is 122 Å². The van der Waals surface area contributed by atoms with Crippen molar-refractivity contribution < 1.29 is 4.79 Å². The first-order chi connectivity index (χ1) is 10.1. The van der Waals surface area contributed by atoms with Crippen LogP contribution in [0.15, 0.2) is 29.1 Å². The van der Waals surface area contributed by atoms with Crippen molar-refractivity contribution in [3.05, 3.63) is 57.3 Å². The van der Waals surface area contributed by atoms with Gasteiger partial charge in [0.1, 0.15) is 5.82 Å². The van der Waals surface area contributed by atoms with Crippen molar-refractivity contribution in [1.82, 2.24) is 9.97 Å². The molecule has 2 heterocycles. The van der Waals surface area contributed by atoms with Gasteiger partial charge in [-0.1, -0.05) is 18.2 Å². The molecule has 0 atom stereocenters. The van der Waals surface area contributed by atoms with Crippen LogP contribution < -0.4 is 10.5 Å². The van der Waals surface area contributed by atoms with Crippen molar-refractivity contribution in [3.8, 4) is 0 Å². The molecule has 5 heteroatoms. The molecule has 0 radical (unpaired) electrons. The summed E-state index contributed by atoms with van der Waals surface area (Å²) in [6.07, 6.45) is 0.951. The number of nitrogens with one attached hydrogen (secondary N) is 1. The van der Waals surface area contributed by atoms with E-state index in [2.05, 4.69) is 9.97 Å². The smallest absolute Gasteiger partial charge is 0.254 e. The van der Waals surface area contributed by atoms with E-state index in [1.54, 1.807) is 18.7 Å². The van der Waals surface area contributed by atoms with Gasteiger partial charge in [0.15, 0.2) is 0 Å². The number of fused-ring (bicyclic) bond motifs is 1. The SMILES string of the molecule is Cc1nc(C)c(CC(=O)N2CCc3ccccc32)c(=O)[nH]1. The third-order valence-corrected chi connectivity index (χ3v) is 3.86. The van der Waals surface area contributed by atoms with Crippen LogP contribution in [-0.2, 0) is 17.6 Å². The Morgan fingerprint density at radius 3 is 2.86 bits per heavy atom. The summed E-state index contributed by atoms with van der Waals surface area (Å²) in [5.74, 6) is 0.513. The number of anilines is 1. The summed E-state index contributed by atoms with van der Waals surface area (Å²) in [6.45, 7) is 4.17. The van der Waals surface area contributed by atoms with Crippen LogP contribution in [0.4, 0.5) is 5.69 Å². The maximum absolute atomic E-state index is 12.5. The van der Waals surface area contributed by atoms with Gasteiger partial charge in [0, 0.05) is 23.5 Å². The van der Waals surface area contributed by atoms with E-state index in [1.807, 2.05) is 24.3 Å². The lowest BCUT2D eigenvalue weighted by Crippen LogP contribution is -2.33. The number of rotatable bonds is 2. The summed E-state index contributed by atoms with van der Waals surface area (Å²) in [4.78, 5) is 33.2. The Balaban J connectivity index is 1.87. The van der Waals surface area contributed by atoms with E-state index in [-0.39, 0.29) is 17.9 Å². The standard InChI is InChI=1S/C16H17N3O2/c1-10-13(16(21)18-11(2)17-10)9-15(20)19-8-7-12-5-3-4-6-14(12)19/h3-6H,7-9H2,1-2H3,(H,17,18,21). The third-order valence-electron chi connectivity index (χ3n) is 3.86. The topological polar surface area (TPSA) is 66.1 Å². The number of H-pyrrole nitrogens is 1. The molecule has 2 aromatic rings. The van der Waals surface area contributed by atoms with Crippen molar-refractivity contribution in [2.75, 3.05) is 11.4 Å². The highest BCUT2D eigenvalue weighted by Crippen LogP contribution is 2.27. The van der Waals surface area contributed by atoms with Crippen LogP contribution in [0.25, 0.3) is 0 Å². The predicted octanol–water partition coefficient (Wildman–Crippen LogP) is 1.52. The number of carbonyl (C=O) groups is 1. The van der Waals surface area contributed by atoms with Crippen molar-refractivity contribution in [3.63, 3.8) is 0 Å². The van der Waals surface area contributed by atoms with E-state index in [4.69, 9.17) is 0 Å². The lowest BCUT2D eigenvalue weighted by molar-refractivity contribution is -0.117. The minimum absolute atomic E-state index is 0.0563. The van der Waals surface area contributed by atoms with Crippen molar-refractivity contribution in [2.24, 2.45) is 0 Å². The fourth-order valence-electron chi connectivity index (χ4n) is 2.80. The van der Waals surface area contributed by atoms with Gasteiger partial charge in [0.2, 0.25) is 5.91 Å². The fourth-order valence-corrected chi connectivity index (χ4v) is 2.80. The highest BCUT2D eigenvalue weighted by atomic mass is 16.2. The lowest BCUT2D eigenvalue weighted by atomic mass is 10.1. The zero-order valence-corrected chi connectivity index (χ0v) is 12.1. The Kier molecular flexibility index (Phi) is 3.33. The molecule has 1 aromatic carbocycles. The number of nitrogens with zero attached hydrogens (tertiary/aromatic N) is 2. The van der Waals surface area contributed by atoms with Gasteiger partial charge >= 0.3 is 0 Å². The summed E-state index contributed by atoms with van der Waals surface area (Å²) in [7, 11) is 0. The Morgan fingerprint density at radius 2 is 2.10 bits per heavy atom. The molecular weight excluding hydrogens is 266 g/mol. The zero-order valence-electron chi connectivity index (χ0n) is 12.1. The number of aryl methyl sites for hydroxylation is 2. The molecule has 1 amide bonds. The van der Waals surface area contributed by atoms with Gasteiger partial charge in [-0.25, -0.2) is 4.98 Å². The second-order valence-corrected chi connectivity index (χ2v) is 5.32. The minimum Gasteiger partial charge on any atom is -0.312 e. The molecule has 0 aliphatic carbocycles. The Bertz CT molecular complexity index is 764. The molecule has 0 saturated carbocycles. The largest absolute Gasteiger partial charge is 0.312 e. The Hall–Kier alpha value is -2.43. The highest BCUT2D eigenvalue weighted by molar-refractivity contribution is 5.96. The summed E-state index contributed by atoms with van der Waals surface area (Å²) >= 11 is 0. The van der Waals surface area contributed by atoms with Crippen LogP contribution in [0.2, 0.25) is 0 Å². The van der Waals surface area contributed by atoms with Gasteiger partial charge in [0.25, 0.3) is 5.56 Å². The van der Waals surface area contributed by atoms with Crippen LogP contribution in [-0.4, -0.2) is 22.4 Å². The number of aromatic nitrogens is 2. The molecular formula is C16H17N3O2. The van der Waals surface area contributed by atoms with Gasteiger partial charge in [-0.2, -0.15) is 0 Å². The van der Waals surface area contributed by atoms with Crippen molar-refractivity contribution in [2.45, 2.75) is 26.7 Å². The molecule has 108 valence electrons. The molecule has 0 bridgehead atoms. The number of para-hydroxylation sites is 1. The second kappa shape index (κ2) is 5.16. The van der Waals surface area contributed by atoms with Crippen LogP contribution >= 0.6 is 0 Å². The van der Waals surface area contributed by atoms with E-state index in [1.165, 1.54) is 5.56 Å². The van der Waals surface area contributed by atoms with Crippen LogP contribution in [0.5, 0.6) is 0 Å². The van der Waals surface area contributed by atoms with E-state index in [0.717, 1.165) is 12.1 Å². The van der Waals surface area contributed by atoms with Gasteiger partial charge in [-0.3, -0.25) is 9.59 Å².